The second-order valence-electron chi connectivity index (χ2n) is 5.34. The van der Waals surface area contributed by atoms with E-state index < -0.39 is 18.1 Å². The van der Waals surface area contributed by atoms with Crippen LogP contribution in [-0.2, 0) is 9.53 Å². The average molecular weight is 267 g/mol. The maximum Gasteiger partial charge on any atom is 0.410 e. The first-order chi connectivity index (χ1) is 9.15. The summed E-state index contributed by atoms with van der Waals surface area (Å²) in [6.07, 6.45) is 6.06. The number of carbonyl (C=O) groups is 2. The molecule has 0 aromatic heterocycles. The summed E-state index contributed by atoms with van der Waals surface area (Å²) in [4.78, 5) is 24.9. The zero-order chi connectivity index (χ0) is 13.8. The molecule has 1 amide bonds. The van der Waals surface area contributed by atoms with Crippen molar-refractivity contribution in [1.82, 2.24) is 4.90 Å². The summed E-state index contributed by atoms with van der Waals surface area (Å²) in [6, 6.07) is -0.726. The number of carbonyl (C=O) groups excluding carboxylic acids is 1. The third-order valence-electron chi connectivity index (χ3n) is 4.26. The number of likely N-dealkylation sites (tertiary alicyclic amines) is 1. The summed E-state index contributed by atoms with van der Waals surface area (Å²) in [7, 11) is 0. The van der Waals surface area contributed by atoms with Gasteiger partial charge in [0.15, 0.2) is 0 Å². The van der Waals surface area contributed by atoms with Gasteiger partial charge >= 0.3 is 12.1 Å². The number of piperidine rings is 1. The standard InChI is InChI=1S/C14H21NO4/c1-2-9-19-14(18)15-8-7-10-5-3-4-6-11(10)12(15)13(16)17/h2,10-12H,1,3-9H2,(H,16,17). The Hall–Kier alpha value is -1.52. The fraction of sp³-hybridized carbons (Fsp3) is 0.714. The molecule has 3 atom stereocenters. The van der Waals surface area contributed by atoms with Gasteiger partial charge in [0.05, 0.1) is 0 Å². The minimum atomic E-state index is -0.910. The molecular weight excluding hydrogens is 246 g/mol. The quantitative estimate of drug-likeness (QED) is 0.797. The molecule has 106 valence electrons. The van der Waals surface area contributed by atoms with Crippen LogP contribution in [-0.4, -0.2) is 41.3 Å². The van der Waals surface area contributed by atoms with Crippen LogP contribution in [0.15, 0.2) is 12.7 Å². The molecule has 3 unspecified atom stereocenters. The van der Waals surface area contributed by atoms with Crippen molar-refractivity contribution < 1.29 is 19.4 Å². The van der Waals surface area contributed by atoms with Crippen LogP contribution >= 0.6 is 0 Å². The van der Waals surface area contributed by atoms with Crippen LogP contribution in [0.3, 0.4) is 0 Å². The van der Waals surface area contributed by atoms with E-state index in [0.717, 1.165) is 25.7 Å². The number of fused-ring (bicyclic) bond motifs is 1. The van der Waals surface area contributed by atoms with E-state index in [9.17, 15) is 14.7 Å². The number of carboxylic acid groups (broad SMARTS) is 1. The smallest absolute Gasteiger partial charge is 0.410 e. The molecule has 0 aromatic carbocycles. The Morgan fingerprint density at radius 2 is 2.05 bits per heavy atom. The third-order valence-corrected chi connectivity index (χ3v) is 4.26. The summed E-state index contributed by atoms with van der Waals surface area (Å²) in [5, 5.41) is 9.45. The summed E-state index contributed by atoms with van der Waals surface area (Å²) in [5.41, 5.74) is 0. The van der Waals surface area contributed by atoms with Gasteiger partial charge in [-0.1, -0.05) is 31.9 Å². The molecule has 19 heavy (non-hydrogen) atoms. The predicted octanol–water partition coefficient (Wildman–Crippen LogP) is 2.27. The molecule has 1 N–H and O–H groups in total. The molecule has 1 aliphatic heterocycles. The lowest BCUT2D eigenvalue weighted by Gasteiger charge is -2.45. The van der Waals surface area contributed by atoms with Crippen LogP contribution in [0.25, 0.3) is 0 Å². The maximum atomic E-state index is 11.9. The first-order valence-electron chi connectivity index (χ1n) is 6.92. The minimum absolute atomic E-state index is 0.0799. The molecule has 1 saturated heterocycles. The van der Waals surface area contributed by atoms with E-state index in [4.69, 9.17) is 4.74 Å². The first kappa shape index (κ1) is 13.9. The van der Waals surface area contributed by atoms with E-state index in [0.29, 0.717) is 12.5 Å². The Bertz CT molecular complexity index is 368. The van der Waals surface area contributed by atoms with E-state index in [2.05, 4.69) is 6.58 Å². The van der Waals surface area contributed by atoms with E-state index in [1.54, 1.807) is 0 Å². The molecule has 1 aliphatic carbocycles. The number of nitrogens with zero attached hydrogens (tertiary/aromatic N) is 1. The average Bonchev–Trinajstić information content (AvgIpc) is 2.43. The lowest BCUT2D eigenvalue weighted by molar-refractivity contribution is -0.148. The number of aliphatic carboxylic acids is 1. The summed E-state index contributed by atoms with van der Waals surface area (Å²) in [5.74, 6) is -0.387. The van der Waals surface area contributed by atoms with E-state index >= 15 is 0 Å². The van der Waals surface area contributed by atoms with Crippen molar-refractivity contribution in [1.29, 1.82) is 0 Å². The Kier molecular flexibility index (Phi) is 4.45. The zero-order valence-corrected chi connectivity index (χ0v) is 11.1. The molecule has 5 heteroatoms. The van der Waals surface area contributed by atoms with Crippen LogP contribution in [0.1, 0.15) is 32.1 Å². The molecule has 2 aliphatic rings. The van der Waals surface area contributed by atoms with Crippen molar-refractivity contribution in [3.05, 3.63) is 12.7 Å². The first-order valence-corrected chi connectivity index (χ1v) is 6.92. The minimum Gasteiger partial charge on any atom is -0.480 e. The Morgan fingerprint density at radius 1 is 1.32 bits per heavy atom. The monoisotopic (exact) mass is 267 g/mol. The normalized spacial score (nSPS) is 30.3. The van der Waals surface area contributed by atoms with Crippen LogP contribution in [0.2, 0.25) is 0 Å². The SMILES string of the molecule is C=CCOC(=O)N1CCC2CCCCC2C1C(=O)O. The van der Waals surface area contributed by atoms with Crippen molar-refractivity contribution in [3.63, 3.8) is 0 Å². The van der Waals surface area contributed by atoms with Crippen molar-refractivity contribution in [2.45, 2.75) is 38.1 Å². The highest BCUT2D eigenvalue weighted by molar-refractivity contribution is 5.80. The maximum absolute atomic E-state index is 11.9. The largest absolute Gasteiger partial charge is 0.480 e. The highest BCUT2D eigenvalue weighted by atomic mass is 16.6. The van der Waals surface area contributed by atoms with Gasteiger partial charge < -0.3 is 9.84 Å². The lowest BCUT2D eigenvalue weighted by Crippen LogP contribution is -2.56. The second kappa shape index (κ2) is 6.08. The van der Waals surface area contributed by atoms with Gasteiger partial charge in [0.25, 0.3) is 0 Å². The highest BCUT2D eigenvalue weighted by Crippen LogP contribution is 2.40. The van der Waals surface area contributed by atoms with Crippen LogP contribution in [0.5, 0.6) is 0 Å². The van der Waals surface area contributed by atoms with Crippen LogP contribution < -0.4 is 0 Å². The Balaban J connectivity index is 2.11. The molecule has 0 aromatic rings. The topological polar surface area (TPSA) is 66.8 Å². The summed E-state index contributed by atoms with van der Waals surface area (Å²) in [6.45, 7) is 4.09. The van der Waals surface area contributed by atoms with Crippen molar-refractivity contribution in [3.8, 4) is 0 Å². The number of hydrogen-bond acceptors (Lipinski definition) is 3. The lowest BCUT2D eigenvalue weighted by atomic mass is 9.71. The number of hydrogen-bond donors (Lipinski definition) is 1. The van der Waals surface area contributed by atoms with Gasteiger partial charge in [-0.2, -0.15) is 0 Å². The van der Waals surface area contributed by atoms with Gasteiger partial charge in [-0.3, -0.25) is 4.90 Å². The fourth-order valence-corrected chi connectivity index (χ4v) is 3.42. The molecule has 0 radical (unpaired) electrons. The molecule has 2 fully saturated rings. The Morgan fingerprint density at radius 3 is 2.74 bits per heavy atom. The van der Waals surface area contributed by atoms with Crippen LogP contribution in [0, 0.1) is 11.8 Å². The molecule has 5 nitrogen and oxygen atoms in total. The van der Waals surface area contributed by atoms with Gasteiger partial charge in [0, 0.05) is 6.54 Å². The Labute approximate surface area is 113 Å². The van der Waals surface area contributed by atoms with Crippen molar-refractivity contribution in [2.24, 2.45) is 11.8 Å². The molecule has 0 bridgehead atoms. The zero-order valence-electron chi connectivity index (χ0n) is 11.1. The number of carboxylic acids is 1. The molecule has 1 saturated carbocycles. The van der Waals surface area contributed by atoms with Gasteiger partial charge in [-0.05, 0) is 24.7 Å². The summed E-state index contributed by atoms with van der Waals surface area (Å²) < 4.78 is 5.00. The van der Waals surface area contributed by atoms with Gasteiger partial charge in [-0.15, -0.1) is 0 Å². The third kappa shape index (κ3) is 2.91. The van der Waals surface area contributed by atoms with E-state index in [1.807, 2.05) is 0 Å². The number of rotatable bonds is 3. The van der Waals surface area contributed by atoms with Gasteiger partial charge in [-0.25, -0.2) is 9.59 Å². The number of amides is 1. The molecule has 1 heterocycles. The van der Waals surface area contributed by atoms with Gasteiger partial charge in [0.2, 0.25) is 0 Å². The highest BCUT2D eigenvalue weighted by Gasteiger charge is 2.45. The van der Waals surface area contributed by atoms with E-state index in [-0.39, 0.29) is 12.5 Å². The van der Waals surface area contributed by atoms with E-state index in [1.165, 1.54) is 17.4 Å². The number of ether oxygens (including phenoxy) is 1. The molecule has 0 spiro atoms. The predicted molar refractivity (Wildman–Crippen MR) is 69.7 cm³/mol. The second-order valence-corrected chi connectivity index (χ2v) is 5.34. The van der Waals surface area contributed by atoms with Crippen molar-refractivity contribution >= 4 is 12.1 Å². The van der Waals surface area contributed by atoms with Crippen molar-refractivity contribution in [2.75, 3.05) is 13.2 Å². The molecular formula is C14H21NO4. The van der Waals surface area contributed by atoms with Crippen LogP contribution in [0.4, 0.5) is 4.79 Å². The molecule has 2 rings (SSSR count). The summed E-state index contributed by atoms with van der Waals surface area (Å²) >= 11 is 0. The van der Waals surface area contributed by atoms with Gasteiger partial charge in [0.1, 0.15) is 12.6 Å². The fourth-order valence-electron chi connectivity index (χ4n) is 3.42.